The summed E-state index contributed by atoms with van der Waals surface area (Å²) in [5.41, 5.74) is 1.17. The van der Waals surface area contributed by atoms with Gasteiger partial charge in [-0.25, -0.2) is 9.19 Å². The van der Waals surface area contributed by atoms with Gasteiger partial charge in [0.25, 0.3) is 0 Å². The SMILES string of the molecule is COc1cc(/C=C2/C(=N)C3C(=CC2=O)SN=C3SC)ccc1OC(=O)c1ccco1. The van der Waals surface area contributed by atoms with Gasteiger partial charge in [-0.3, -0.25) is 4.79 Å². The molecule has 0 fully saturated rings. The molecule has 0 saturated heterocycles. The van der Waals surface area contributed by atoms with Crippen molar-refractivity contribution < 1.29 is 23.5 Å². The van der Waals surface area contributed by atoms with Gasteiger partial charge in [-0.2, -0.15) is 0 Å². The second kappa shape index (κ2) is 8.37. The minimum atomic E-state index is -0.645. The third-order valence-electron chi connectivity index (χ3n) is 4.52. The average Bonchev–Trinajstić information content (AvgIpc) is 3.42. The molecule has 1 aliphatic carbocycles. The van der Waals surface area contributed by atoms with Crippen molar-refractivity contribution >= 4 is 52.3 Å². The van der Waals surface area contributed by atoms with Crippen LogP contribution in [0.25, 0.3) is 6.08 Å². The van der Waals surface area contributed by atoms with Crippen LogP contribution < -0.4 is 9.47 Å². The van der Waals surface area contributed by atoms with E-state index < -0.39 is 5.97 Å². The van der Waals surface area contributed by atoms with Crippen molar-refractivity contribution in [3.8, 4) is 11.5 Å². The molecule has 1 aromatic heterocycles. The summed E-state index contributed by atoms with van der Waals surface area (Å²) < 4.78 is 20.1. The number of methoxy groups -OCH3 is 1. The zero-order valence-corrected chi connectivity index (χ0v) is 17.6. The molecule has 1 atom stereocenters. The van der Waals surface area contributed by atoms with Crippen molar-refractivity contribution in [2.24, 2.45) is 10.3 Å². The molecular weight excluding hydrogens is 424 g/mol. The highest BCUT2D eigenvalue weighted by atomic mass is 32.2. The Kier molecular flexibility index (Phi) is 5.65. The topological polar surface area (TPSA) is 102 Å². The van der Waals surface area contributed by atoms with Crippen LogP contribution in [0.4, 0.5) is 0 Å². The number of hydrogen-bond acceptors (Lipinski definition) is 9. The van der Waals surface area contributed by atoms with Gasteiger partial charge in [0.1, 0.15) is 0 Å². The average molecular weight is 441 g/mol. The van der Waals surface area contributed by atoms with E-state index in [9.17, 15) is 9.59 Å². The van der Waals surface area contributed by atoms with E-state index in [4.69, 9.17) is 19.3 Å². The Morgan fingerprint density at radius 2 is 2.17 bits per heavy atom. The number of ether oxygens (including phenoxy) is 2. The molecule has 1 unspecified atom stereocenters. The first-order valence-electron chi connectivity index (χ1n) is 8.81. The summed E-state index contributed by atoms with van der Waals surface area (Å²) >= 11 is 2.73. The first kappa shape index (κ1) is 20.2. The van der Waals surface area contributed by atoms with Gasteiger partial charge in [0.05, 0.1) is 30.0 Å². The molecule has 1 aromatic carbocycles. The number of allylic oxidation sites excluding steroid dienone is 3. The molecule has 4 rings (SSSR count). The Morgan fingerprint density at radius 1 is 1.33 bits per heavy atom. The summed E-state index contributed by atoms with van der Waals surface area (Å²) in [5, 5.41) is 9.36. The summed E-state index contributed by atoms with van der Waals surface area (Å²) in [4.78, 5) is 25.5. The molecule has 0 spiro atoms. The Hall–Kier alpha value is -3.04. The monoisotopic (exact) mass is 440 g/mol. The number of ketones is 1. The number of furan rings is 1. The van der Waals surface area contributed by atoms with E-state index in [0.29, 0.717) is 16.9 Å². The maximum atomic E-state index is 12.6. The number of hydrogen-bond donors (Lipinski definition) is 1. The number of esters is 1. The van der Waals surface area contributed by atoms with Gasteiger partial charge >= 0.3 is 5.97 Å². The molecule has 9 heteroatoms. The van der Waals surface area contributed by atoms with Gasteiger partial charge in [-0.05, 0) is 48.2 Å². The predicted molar refractivity (Wildman–Crippen MR) is 117 cm³/mol. The van der Waals surface area contributed by atoms with Crippen molar-refractivity contribution in [2.45, 2.75) is 0 Å². The third kappa shape index (κ3) is 3.73. The fourth-order valence-electron chi connectivity index (χ4n) is 3.07. The summed E-state index contributed by atoms with van der Waals surface area (Å²) in [6.07, 6.45) is 6.47. The molecule has 7 nitrogen and oxygen atoms in total. The first-order chi connectivity index (χ1) is 14.5. The Morgan fingerprint density at radius 3 is 2.87 bits per heavy atom. The maximum Gasteiger partial charge on any atom is 0.379 e. The van der Waals surface area contributed by atoms with Crippen molar-refractivity contribution in [3.63, 3.8) is 0 Å². The molecule has 30 heavy (non-hydrogen) atoms. The second-order valence-corrected chi connectivity index (χ2v) is 7.98. The Labute approximate surface area is 180 Å². The van der Waals surface area contributed by atoms with Crippen LogP contribution in [0.5, 0.6) is 11.5 Å². The van der Waals surface area contributed by atoms with Gasteiger partial charge in [-0.15, -0.1) is 11.8 Å². The standard InChI is InChI=1S/C21H16N2O5S2/c1-26-16-9-11(5-6-14(16)28-21(25)15-4-3-7-27-15)8-12-13(24)10-17-18(19(12)22)20(29-2)23-30-17/h3-10,18,22H,1-2H3/b12-8+,22-19?. The van der Waals surface area contributed by atoms with E-state index in [0.717, 1.165) is 9.95 Å². The molecule has 1 aliphatic heterocycles. The highest BCUT2D eigenvalue weighted by molar-refractivity contribution is 8.15. The number of nitrogens with one attached hydrogen (secondary N) is 1. The van der Waals surface area contributed by atoms with Crippen LogP contribution in [-0.2, 0) is 4.79 Å². The molecule has 2 heterocycles. The summed E-state index contributed by atoms with van der Waals surface area (Å²) in [5.74, 6) is -0.551. The predicted octanol–water partition coefficient (Wildman–Crippen LogP) is 4.42. The van der Waals surface area contributed by atoms with Crippen molar-refractivity contribution in [2.75, 3.05) is 13.4 Å². The molecule has 0 radical (unpaired) electrons. The lowest BCUT2D eigenvalue weighted by atomic mass is 9.87. The van der Waals surface area contributed by atoms with Crippen molar-refractivity contribution in [1.82, 2.24) is 0 Å². The van der Waals surface area contributed by atoms with E-state index in [1.807, 2.05) is 6.26 Å². The van der Waals surface area contributed by atoms with Crippen LogP contribution in [0.3, 0.4) is 0 Å². The van der Waals surface area contributed by atoms with Crippen molar-refractivity contribution in [1.29, 1.82) is 5.41 Å². The van der Waals surface area contributed by atoms with Crippen LogP contribution in [0.2, 0.25) is 0 Å². The molecular formula is C21H16N2O5S2. The fraction of sp³-hybridized carbons (Fsp3) is 0.143. The summed E-state index contributed by atoms with van der Waals surface area (Å²) in [7, 11) is 1.45. The quantitative estimate of drug-likeness (QED) is 0.325. The fourth-order valence-corrected chi connectivity index (χ4v) is 4.83. The van der Waals surface area contributed by atoms with E-state index in [1.54, 1.807) is 36.4 Å². The highest BCUT2D eigenvalue weighted by Crippen LogP contribution is 2.42. The largest absolute Gasteiger partial charge is 0.493 e. The van der Waals surface area contributed by atoms with Gasteiger partial charge in [0.15, 0.2) is 17.3 Å². The number of thioether (sulfide) groups is 1. The number of nitrogens with zero attached hydrogens (tertiary/aromatic N) is 1. The number of rotatable bonds is 4. The van der Waals surface area contributed by atoms with Crippen LogP contribution in [0, 0.1) is 11.3 Å². The van der Waals surface area contributed by atoms with Crippen LogP contribution >= 0.6 is 23.7 Å². The molecule has 0 amide bonds. The Balaban J connectivity index is 1.62. The van der Waals surface area contributed by atoms with Gasteiger partial charge in [0, 0.05) is 22.4 Å². The normalized spacial score (nSPS) is 19.4. The highest BCUT2D eigenvalue weighted by Gasteiger charge is 2.38. The lowest BCUT2D eigenvalue weighted by molar-refractivity contribution is -0.110. The lowest BCUT2D eigenvalue weighted by Gasteiger charge is -2.20. The van der Waals surface area contributed by atoms with E-state index in [1.165, 1.54) is 43.1 Å². The number of fused-ring (bicyclic) bond motifs is 1. The second-order valence-electron chi connectivity index (χ2n) is 6.32. The number of benzene rings is 1. The molecule has 2 aliphatic rings. The smallest absolute Gasteiger partial charge is 0.379 e. The lowest BCUT2D eigenvalue weighted by Crippen LogP contribution is -2.28. The Bertz CT molecular complexity index is 1130. The minimum Gasteiger partial charge on any atom is -0.493 e. The zero-order valence-electron chi connectivity index (χ0n) is 16.0. The van der Waals surface area contributed by atoms with Gasteiger partial charge < -0.3 is 19.3 Å². The zero-order chi connectivity index (χ0) is 21.3. The molecule has 2 aromatic rings. The van der Waals surface area contributed by atoms with Gasteiger partial charge in [-0.1, -0.05) is 6.07 Å². The first-order valence-corrected chi connectivity index (χ1v) is 10.8. The van der Waals surface area contributed by atoms with E-state index in [2.05, 4.69) is 4.40 Å². The molecule has 0 saturated carbocycles. The van der Waals surface area contributed by atoms with E-state index >= 15 is 0 Å². The summed E-state index contributed by atoms with van der Waals surface area (Å²) in [6, 6.07) is 8.00. The van der Waals surface area contributed by atoms with Crippen LogP contribution in [0.1, 0.15) is 16.1 Å². The summed E-state index contributed by atoms with van der Waals surface area (Å²) in [6.45, 7) is 0. The van der Waals surface area contributed by atoms with Crippen LogP contribution in [0.15, 0.2) is 62.0 Å². The minimum absolute atomic E-state index is 0.0767. The number of carbonyl (C=O) groups excluding carboxylic acids is 2. The molecule has 0 bridgehead atoms. The third-order valence-corrected chi connectivity index (χ3v) is 6.24. The maximum absolute atomic E-state index is 12.6. The van der Waals surface area contributed by atoms with Gasteiger partial charge in [0.2, 0.25) is 5.76 Å². The number of carbonyl (C=O) groups is 2. The van der Waals surface area contributed by atoms with E-state index in [-0.39, 0.29) is 28.9 Å². The van der Waals surface area contributed by atoms with Crippen LogP contribution in [-0.4, -0.2) is 35.9 Å². The molecule has 1 N–H and O–H groups in total. The molecule has 152 valence electrons. The van der Waals surface area contributed by atoms with Crippen molar-refractivity contribution in [3.05, 3.63) is 64.5 Å².